The van der Waals surface area contributed by atoms with Crippen molar-refractivity contribution >= 4 is 28.6 Å². The highest BCUT2D eigenvalue weighted by molar-refractivity contribution is 6.28. The quantitative estimate of drug-likeness (QED) is 0.573. The number of fused-ring (bicyclic) bond motifs is 1. The first-order valence-corrected chi connectivity index (χ1v) is 7.25. The van der Waals surface area contributed by atoms with E-state index in [0.717, 1.165) is 13.1 Å². The molecule has 9 nitrogen and oxygen atoms in total. The predicted molar refractivity (Wildman–Crippen MR) is 79.0 cm³/mol. The molecule has 0 radical (unpaired) electrons. The van der Waals surface area contributed by atoms with E-state index in [4.69, 9.17) is 25.8 Å². The van der Waals surface area contributed by atoms with E-state index in [1.807, 2.05) is 0 Å². The molecule has 0 amide bonds. The minimum absolute atomic E-state index is 0.156. The Hall–Kier alpha value is -1.55. The molecule has 0 spiro atoms. The minimum Gasteiger partial charge on any atom is -0.378 e. The van der Waals surface area contributed by atoms with Gasteiger partial charge in [0.2, 0.25) is 5.28 Å². The highest BCUT2D eigenvalue weighted by Gasteiger charge is 2.22. The Labute approximate surface area is 132 Å². The van der Waals surface area contributed by atoms with Crippen molar-refractivity contribution in [3.05, 3.63) is 5.28 Å². The second-order valence-corrected chi connectivity index (χ2v) is 5.10. The van der Waals surface area contributed by atoms with Gasteiger partial charge in [-0.15, -0.1) is 5.10 Å². The summed E-state index contributed by atoms with van der Waals surface area (Å²) in [4.78, 5) is 10.6. The van der Waals surface area contributed by atoms with Gasteiger partial charge in [0.15, 0.2) is 23.3 Å². The fourth-order valence-corrected chi connectivity index (χ4v) is 2.48. The zero-order valence-electron chi connectivity index (χ0n) is 12.4. The van der Waals surface area contributed by atoms with Gasteiger partial charge in [0.05, 0.1) is 19.8 Å². The Balaban J connectivity index is 1.98. The van der Waals surface area contributed by atoms with Crippen molar-refractivity contribution in [2.24, 2.45) is 0 Å². The molecular formula is C12H17ClN6O3. The molecule has 10 heteroatoms. The van der Waals surface area contributed by atoms with Gasteiger partial charge >= 0.3 is 0 Å². The van der Waals surface area contributed by atoms with Gasteiger partial charge in [0, 0.05) is 27.3 Å². The number of ether oxygens (including phenoxy) is 3. The van der Waals surface area contributed by atoms with Crippen LogP contribution in [0.5, 0.6) is 0 Å². The molecule has 0 saturated carbocycles. The lowest BCUT2D eigenvalue weighted by atomic mass is 10.3. The molecule has 1 aliphatic rings. The fourth-order valence-electron chi connectivity index (χ4n) is 2.32. The summed E-state index contributed by atoms with van der Waals surface area (Å²) in [5, 5.41) is 8.46. The van der Waals surface area contributed by atoms with Gasteiger partial charge in [-0.2, -0.15) is 9.97 Å². The predicted octanol–water partition coefficient (Wildman–Crippen LogP) is 0.330. The van der Waals surface area contributed by atoms with Crippen LogP contribution in [-0.4, -0.2) is 71.8 Å². The average molecular weight is 329 g/mol. The van der Waals surface area contributed by atoms with E-state index in [1.165, 1.54) is 0 Å². The molecule has 3 rings (SSSR count). The van der Waals surface area contributed by atoms with E-state index < -0.39 is 6.29 Å². The monoisotopic (exact) mass is 328 g/mol. The van der Waals surface area contributed by atoms with Crippen LogP contribution in [0.4, 0.5) is 5.82 Å². The summed E-state index contributed by atoms with van der Waals surface area (Å²) in [6.07, 6.45) is -0.439. The van der Waals surface area contributed by atoms with Crippen LogP contribution in [0.1, 0.15) is 0 Å². The van der Waals surface area contributed by atoms with Gasteiger partial charge in [-0.1, -0.05) is 5.21 Å². The summed E-state index contributed by atoms with van der Waals surface area (Å²) in [6, 6.07) is 0. The third-order valence-electron chi connectivity index (χ3n) is 3.48. The smallest absolute Gasteiger partial charge is 0.226 e. The highest BCUT2D eigenvalue weighted by atomic mass is 35.5. The Kier molecular flexibility index (Phi) is 4.67. The summed E-state index contributed by atoms with van der Waals surface area (Å²) in [5.74, 6) is 0.677. The SMILES string of the molecule is COC(Cn1nnc2c(N3CCOCC3)nc(Cl)nc21)OC. The summed E-state index contributed by atoms with van der Waals surface area (Å²) in [7, 11) is 3.13. The number of morpholine rings is 1. The Bertz CT molecular complexity index is 641. The van der Waals surface area contributed by atoms with Crippen LogP contribution in [0.15, 0.2) is 0 Å². The van der Waals surface area contributed by atoms with E-state index in [0.29, 0.717) is 36.7 Å². The normalized spacial score (nSPS) is 15.9. The Morgan fingerprint density at radius 1 is 1.23 bits per heavy atom. The lowest BCUT2D eigenvalue weighted by molar-refractivity contribution is -0.112. The lowest BCUT2D eigenvalue weighted by Crippen LogP contribution is -2.37. The van der Waals surface area contributed by atoms with E-state index in [9.17, 15) is 0 Å². The Morgan fingerprint density at radius 2 is 1.95 bits per heavy atom. The second kappa shape index (κ2) is 6.69. The average Bonchev–Trinajstić information content (AvgIpc) is 2.95. The molecule has 2 aromatic heterocycles. The summed E-state index contributed by atoms with van der Waals surface area (Å²) < 4.78 is 17.3. The first-order chi connectivity index (χ1) is 10.7. The van der Waals surface area contributed by atoms with E-state index in [2.05, 4.69) is 25.2 Å². The summed E-state index contributed by atoms with van der Waals surface area (Å²) in [6.45, 7) is 3.11. The van der Waals surface area contributed by atoms with E-state index in [-0.39, 0.29) is 5.28 Å². The van der Waals surface area contributed by atoms with Crippen LogP contribution in [0, 0.1) is 0 Å². The van der Waals surface area contributed by atoms with Crippen LogP contribution in [0.25, 0.3) is 11.2 Å². The minimum atomic E-state index is -0.439. The molecule has 0 N–H and O–H groups in total. The van der Waals surface area contributed by atoms with Crippen molar-refractivity contribution < 1.29 is 14.2 Å². The van der Waals surface area contributed by atoms with Crippen molar-refractivity contribution in [1.82, 2.24) is 25.0 Å². The van der Waals surface area contributed by atoms with Gasteiger partial charge in [0.25, 0.3) is 0 Å². The Morgan fingerprint density at radius 3 is 2.64 bits per heavy atom. The second-order valence-electron chi connectivity index (χ2n) is 4.76. The number of rotatable bonds is 5. The fraction of sp³-hybridized carbons (Fsp3) is 0.667. The topological polar surface area (TPSA) is 87.4 Å². The maximum Gasteiger partial charge on any atom is 0.226 e. The van der Waals surface area contributed by atoms with Crippen LogP contribution < -0.4 is 4.90 Å². The molecule has 2 aromatic rings. The molecular weight excluding hydrogens is 312 g/mol. The van der Waals surface area contributed by atoms with Gasteiger partial charge < -0.3 is 19.1 Å². The lowest BCUT2D eigenvalue weighted by Gasteiger charge is -2.27. The molecule has 0 unspecified atom stereocenters. The first kappa shape index (κ1) is 15.3. The maximum atomic E-state index is 6.06. The van der Waals surface area contributed by atoms with Crippen LogP contribution in [-0.2, 0) is 20.8 Å². The third kappa shape index (κ3) is 2.98. The molecule has 0 aromatic carbocycles. The molecule has 1 saturated heterocycles. The number of methoxy groups -OCH3 is 2. The van der Waals surface area contributed by atoms with Crippen LogP contribution in [0.2, 0.25) is 5.28 Å². The maximum absolute atomic E-state index is 6.06. The van der Waals surface area contributed by atoms with Crippen molar-refractivity contribution in [2.75, 3.05) is 45.4 Å². The van der Waals surface area contributed by atoms with E-state index in [1.54, 1.807) is 18.9 Å². The molecule has 1 aliphatic heterocycles. The summed E-state index contributed by atoms with van der Waals surface area (Å²) in [5.41, 5.74) is 1.16. The molecule has 120 valence electrons. The number of hydrogen-bond donors (Lipinski definition) is 0. The molecule has 3 heterocycles. The third-order valence-corrected chi connectivity index (χ3v) is 3.64. The van der Waals surface area contributed by atoms with Crippen molar-refractivity contribution in [1.29, 1.82) is 0 Å². The van der Waals surface area contributed by atoms with E-state index >= 15 is 0 Å². The van der Waals surface area contributed by atoms with Crippen molar-refractivity contribution in [3.63, 3.8) is 0 Å². The first-order valence-electron chi connectivity index (χ1n) is 6.88. The number of anilines is 1. The molecule has 0 atom stereocenters. The molecule has 0 bridgehead atoms. The summed E-state index contributed by atoms with van der Waals surface area (Å²) >= 11 is 6.06. The zero-order valence-corrected chi connectivity index (χ0v) is 13.2. The van der Waals surface area contributed by atoms with Crippen LogP contribution >= 0.6 is 11.6 Å². The number of hydrogen-bond acceptors (Lipinski definition) is 8. The highest BCUT2D eigenvalue weighted by Crippen LogP contribution is 2.24. The van der Waals surface area contributed by atoms with Crippen molar-refractivity contribution in [2.45, 2.75) is 12.8 Å². The largest absolute Gasteiger partial charge is 0.378 e. The molecule has 1 fully saturated rings. The van der Waals surface area contributed by atoms with Gasteiger partial charge in [0.1, 0.15) is 0 Å². The zero-order chi connectivity index (χ0) is 15.5. The molecule has 22 heavy (non-hydrogen) atoms. The van der Waals surface area contributed by atoms with Gasteiger partial charge in [-0.05, 0) is 11.6 Å². The van der Waals surface area contributed by atoms with Crippen LogP contribution in [0.3, 0.4) is 0 Å². The number of halogens is 1. The number of nitrogens with zero attached hydrogens (tertiary/aromatic N) is 6. The van der Waals surface area contributed by atoms with Crippen molar-refractivity contribution in [3.8, 4) is 0 Å². The van der Waals surface area contributed by atoms with Gasteiger partial charge in [-0.25, -0.2) is 4.68 Å². The standard InChI is InChI=1S/C12H17ClN6O3/c1-20-8(21-2)7-19-11-9(16-17-19)10(14-12(13)15-11)18-3-5-22-6-4-18/h8H,3-7H2,1-2H3. The van der Waals surface area contributed by atoms with Gasteiger partial charge in [-0.3, -0.25) is 0 Å². The number of aromatic nitrogens is 5. The molecule has 0 aliphatic carbocycles.